The van der Waals surface area contributed by atoms with Crippen molar-refractivity contribution in [3.8, 4) is 11.8 Å². The zero-order valence-corrected chi connectivity index (χ0v) is 12.3. The predicted octanol–water partition coefficient (Wildman–Crippen LogP) is 2.92. The number of hydrogen-bond donors (Lipinski definition) is 2. The van der Waals surface area contributed by atoms with E-state index in [0.29, 0.717) is 17.2 Å². The van der Waals surface area contributed by atoms with Crippen LogP contribution in [-0.2, 0) is 0 Å². The monoisotopic (exact) mass is 274 g/mol. The van der Waals surface area contributed by atoms with Crippen LogP contribution in [0.25, 0.3) is 0 Å². The van der Waals surface area contributed by atoms with E-state index in [4.69, 9.17) is 4.74 Å². The second kappa shape index (κ2) is 5.72. The molecule has 2 N–H and O–H groups in total. The van der Waals surface area contributed by atoms with Gasteiger partial charge in [-0.15, -0.1) is 0 Å². The molecule has 4 heteroatoms. The Labute approximate surface area is 120 Å². The fourth-order valence-corrected chi connectivity index (χ4v) is 2.28. The van der Waals surface area contributed by atoms with E-state index in [0.717, 1.165) is 25.1 Å². The molecule has 0 atom stereocenters. The maximum Gasteiger partial charge on any atom is 0.138 e. The minimum absolute atomic E-state index is 0.126. The van der Waals surface area contributed by atoms with Gasteiger partial charge in [0.15, 0.2) is 0 Å². The van der Waals surface area contributed by atoms with Gasteiger partial charge in [-0.2, -0.15) is 5.26 Å². The molecule has 0 aliphatic heterocycles. The average molecular weight is 274 g/mol. The summed E-state index contributed by atoms with van der Waals surface area (Å²) in [4.78, 5) is 0. The molecule has 2 rings (SSSR count). The highest BCUT2D eigenvalue weighted by atomic mass is 16.5. The van der Waals surface area contributed by atoms with Crippen LogP contribution in [0.1, 0.15) is 39.2 Å². The summed E-state index contributed by atoms with van der Waals surface area (Å²) >= 11 is 0. The Morgan fingerprint density at radius 1 is 1.40 bits per heavy atom. The molecule has 0 bridgehead atoms. The summed E-state index contributed by atoms with van der Waals surface area (Å²) in [6, 6.07) is 7.75. The van der Waals surface area contributed by atoms with E-state index in [9.17, 15) is 10.4 Å². The molecule has 0 heterocycles. The van der Waals surface area contributed by atoms with Gasteiger partial charge >= 0.3 is 0 Å². The molecule has 0 unspecified atom stereocenters. The van der Waals surface area contributed by atoms with Crippen molar-refractivity contribution in [2.24, 2.45) is 5.92 Å². The molecule has 1 aliphatic carbocycles. The Bertz CT molecular complexity index is 508. The standard InChI is InChI=1S/C16H22N2O2/c1-16(2,3)20-15-5-4-13(8-12(15)9-17)18-10-11-6-14(19)7-11/h4-5,8,11,14,18-19H,6-7,10H2,1-3H3. The molecule has 1 saturated carbocycles. The molecule has 108 valence electrons. The number of nitrogens with one attached hydrogen (secondary N) is 1. The first-order valence-corrected chi connectivity index (χ1v) is 7.02. The van der Waals surface area contributed by atoms with Gasteiger partial charge in [0.1, 0.15) is 17.4 Å². The van der Waals surface area contributed by atoms with Crippen LogP contribution in [0, 0.1) is 17.2 Å². The van der Waals surface area contributed by atoms with Crippen molar-refractivity contribution >= 4 is 5.69 Å². The fraction of sp³-hybridized carbons (Fsp3) is 0.562. The van der Waals surface area contributed by atoms with Gasteiger partial charge < -0.3 is 15.2 Å². The first-order chi connectivity index (χ1) is 9.37. The van der Waals surface area contributed by atoms with E-state index in [1.165, 1.54) is 0 Å². The second-order valence-electron chi connectivity index (χ2n) is 6.41. The van der Waals surface area contributed by atoms with Gasteiger partial charge in [0.2, 0.25) is 0 Å². The number of anilines is 1. The van der Waals surface area contributed by atoms with Crippen molar-refractivity contribution in [3.63, 3.8) is 0 Å². The quantitative estimate of drug-likeness (QED) is 0.886. The molecular formula is C16H22N2O2. The average Bonchev–Trinajstić information content (AvgIpc) is 2.32. The molecule has 0 spiro atoms. The van der Waals surface area contributed by atoms with Gasteiger partial charge in [0.05, 0.1) is 11.7 Å². The second-order valence-corrected chi connectivity index (χ2v) is 6.41. The van der Waals surface area contributed by atoms with Crippen molar-refractivity contribution in [1.29, 1.82) is 5.26 Å². The van der Waals surface area contributed by atoms with Gasteiger partial charge in [-0.05, 0) is 57.7 Å². The number of aliphatic hydroxyl groups excluding tert-OH is 1. The fourth-order valence-electron chi connectivity index (χ4n) is 2.28. The van der Waals surface area contributed by atoms with Crippen LogP contribution in [0.2, 0.25) is 0 Å². The summed E-state index contributed by atoms with van der Waals surface area (Å²) < 4.78 is 5.77. The predicted molar refractivity (Wildman–Crippen MR) is 78.8 cm³/mol. The Balaban J connectivity index is 2.00. The molecule has 1 fully saturated rings. The SMILES string of the molecule is CC(C)(C)Oc1ccc(NCC2CC(O)C2)cc1C#N. The van der Waals surface area contributed by atoms with Crippen molar-refractivity contribution in [1.82, 2.24) is 0 Å². The highest BCUT2D eigenvalue weighted by molar-refractivity contribution is 5.55. The Hall–Kier alpha value is -1.73. The highest BCUT2D eigenvalue weighted by Gasteiger charge is 2.26. The van der Waals surface area contributed by atoms with Gasteiger partial charge in [0, 0.05) is 12.2 Å². The molecule has 0 aromatic heterocycles. The molecule has 1 aliphatic rings. The topological polar surface area (TPSA) is 65.3 Å². The van der Waals surface area contributed by atoms with Gasteiger partial charge in [-0.25, -0.2) is 0 Å². The molecule has 20 heavy (non-hydrogen) atoms. The summed E-state index contributed by atoms with van der Waals surface area (Å²) in [6.07, 6.45) is 1.60. The van der Waals surface area contributed by atoms with E-state index < -0.39 is 0 Å². The van der Waals surface area contributed by atoms with Crippen molar-refractivity contribution in [3.05, 3.63) is 23.8 Å². The lowest BCUT2D eigenvalue weighted by Crippen LogP contribution is -2.33. The Morgan fingerprint density at radius 2 is 2.10 bits per heavy atom. The van der Waals surface area contributed by atoms with Gasteiger partial charge in [-0.3, -0.25) is 0 Å². The van der Waals surface area contributed by atoms with Crippen molar-refractivity contribution < 1.29 is 9.84 Å². The number of hydrogen-bond acceptors (Lipinski definition) is 4. The van der Waals surface area contributed by atoms with Crippen LogP contribution >= 0.6 is 0 Å². The van der Waals surface area contributed by atoms with Gasteiger partial charge in [0.25, 0.3) is 0 Å². The van der Waals surface area contributed by atoms with E-state index in [2.05, 4.69) is 11.4 Å². The van der Waals surface area contributed by atoms with Crippen LogP contribution < -0.4 is 10.1 Å². The third-order valence-electron chi connectivity index (χ3n) is 3.32. The summed E-state index contributed by atoms with van der Waals surface area (Å²) in [5.41, 5.74) is 1.14. The summed E-state index contributed by atoms with van der Waals surface area (Å²) in [5, 5.41) is 21.8. The summed E-state index contributed by atoms with van der Waals surface area (Å²) in [6.45, 7) is 6.72. The number of rotatable bonds is 4. The van der Waals surface area contributed by atoms with Crippen LogP contribution in [0.4, 0.5) is 5.69 Å². The number of nitriles is 1. The van der Waals surface area contributed by atoms with Crippen LogP contribution in [0.15, 0.2) is 18.2 Å². The lowest BCUT2D eigenvalue weighted by Gasteiger charge is -2.31. The molecule has 4 nitrogen and oxygen atoms in total. The molecule has 1 aromatic carbocycles. The third-order valence-corrected chi connectivity index (χ3v) is 3.32. The molecule has 0 amide bonds. The lowest BCUT2D eigenvalue weighted by molar-refractivity contribution is 0.0487. The summed E-state index contributed by atoms with van der Waals surface area (Å²) in [7, 11) is 0. The molecule has 1 aromatic rings. The first kappa shape index (κ1) is 14.7. The summed E-state index contributed by atoms with van der Waals surface area (Å²) in [5.74, 6) is 1.14. The number of benzene rings is 1. The van der Waals surface area contributed by atoms with E-state index in [-0.39, 0.29) is 11.7 Å². The highest BCUT2D eigenvalue weighted by Crippen LogP contribution is 2.29. The molecular weight excluding hydrogens is 252 g/mol. The van der Waals surface area contributed by atoms with E-state index >= 15 is 0 Å². The van der Waals surface area contributed by atoms with Crippen LogP contribution in [-0.4, -0.2) is 23.4 Å². The first-order valence-electron chi connectivity index (χ1n) is 7.02. The maximum absolute atomic E-state index is 9.25. The lowest BCUT2D eigenvalue weighted by atomic mass is 9.82. The zero-order chi connectivity index (χ0) is 14.8. The number of ether oxygens (including phenoxy) is 1. The Morgan fingerprint density at radius 3 is 2.65 bits per heavy atom. The van der Waals surface area contributed by atoms with Crippen LogP contribution in [0.3, 0.4) is 0 Å². The normalized spacial score (nSPS) is 21.8. The zero-order valence-electron chi connectivity index (χ0n) is 12.3. The Kier molecular flexibility index (Phi) is 4.20. The number of nitrogens with zero attached hydrogens (tertiary/aromatic N) is 1. The number of aliphatic hydroxyl groups is 1. The van der Waals surface area contributed by atoms with E-state index in [1.807, 2.05) is 39.0 Å². The third kappa shape index (κ3) is 3.88. The largest absolute Gasteiger partial charge is 0.487 e. The smallest absolute Gasteiger partial charge is 0.138 e. The molecule has 0 radical (unpaired) electrons. The minimum atomic E-state index is -0.317. The van der Waals surface area contributed by atoms with Crippen LogP contribution in [0.5, 0.6) is 5.75 Å². The van der Waals surface area contributed by atoms with Crippen molar-refractivity contribution in [2.75, 3.05) is 11.9 Å². The minimum Gasteiger partial charge on any atom is -0.487 e. The molecule has 0 saturated heterocycles. The van der Waals surface area contributed by atoms with E-state index in [1.54, 1.807) is 0 Å². The van der Waals surface area contributed by atoms with Gasteiger partial charge in [-0.1, -0.05) is 0 Å². The van der Waals surface area contributed by atoms with Crippen molar-refractivity contribution in [2.45, 2.75) is 45.3 Å². The maximum atomic E-state index is 9.25.